The summed E-state index contributed by atoms with van der Waals surface area (Å²) in [7, 11) is 3.06. The summed E-state index contributed by atoms with van der Waals surface area (Å²) < 4.78 is 18.1. The van der Waals surface area contributed by atoms with Crippen LogP contribution in [0.3, 0.4) is 0 Å². The Kier molecular flexibility index (Phi) is 7.31. The molecule has 2 aromatic heterocycles. The third-order valence-corrected chi connectivity index (χ3v) is 5.89. The van der Waals surface area contributed by atoms with Gasteiger partial charge in [-0.1, -0.05) is 18.7 Å². The Morgan fingerprint density at radius 2 is 2.17 bits per heavy atom. The molecule has 10 heteroatoms. The predicted molar refractivity (Wildman–Crippen MR) is 130 cm³/mol. The van der Waals surface area contributed by atoms with Crippen LogP contribution in [0.15, 0.2) is 52.7 Å². The number of benzene rings is 1. The van der Waals surface area contributed by atoms with Crippen LogP contribution >= 0.6 is 0 Å². The molecule has 35 heavy (non-hydrogen) atoms. The first-order valence-corrected chi connectivity index (χ1v) is 11.3. The van der Waals surface area contributed by atoms with E-state index in [1.165, 1.54) is 23.9 Å². The van der Waals surface area contributed by atoms with E-state index in [0.717, 1.165) is 18.4 Å². The van der Waals surface area contributed by atoms with Crippen molar-refractivity contribution in [1.29, 1.82) is 0 Å². The van der Waals surface area contributed by atoms with Gasteiger partial charge in [-0.05, 0) is 36.6 Å². The Balaban J connectivity index is 1.66. The minimum absolute atomic E-state index is 0.0753. The lowest BCUT2D eigenvalue weighted by atomic mass is 10.1. The van der Waals surface area contributed by atoms with Crippen LogP contribution < -0.4 is 20.7 Å². The average Bonchev–Trinajstić information content (AvgIpc) is 3.38. The van der Waals surface area contributed by atoms with Crippen molar-refractivity contribution in [3.63, 3.8) is 0 Å². The highest BCUT2D eigenvalue weighted by Gasteiger charge is 2.25. The van der Waals surface area contributed by atoms with Crippen molar-refractivity contribution in [2.75, 3.05) is 26.9 Å². The fraction of sp³-hybridized carbons (Fsp3) is 0.360. The van der Waals surface area contributed by atoms with Crippen molar-refractivity contribution in [1.82, 2.24) is 19.4 Å². The standard InChI is InChI=1S/C25H28N4O6/c1-4-9-35-20-8-7-16(11-21(20)33-3)14-29(15-18-6-5-10-34-18)24(31)17-12-19-22(26-13-17)28(2)25(32)27-23(19)30/h4,7-8,11-13,18H,1,5-6,9-10,14-15H2,2-3H3,(H,27,30,32). The van der Waals surface area contributed by atoms with Crippen LogP contribution in [-0.4, -0.2) is 58.3 Å². The molecular formula is C25H28N4O6. The molecule has 184 valence electrons. The number of nitrogens with one attached hydrogen (secondary N) is 1. The molecule has 0 bridgehead atoms. The molecule has 1 atom stereocenters. The molecular weight excluding hydrogens is 452 g/mol. The molecule has 0 radical (unpaired) electrons. The predicted octanol–water partition coefficient (Wildman–Crippen LogP) is 2.02. The molecule has 10 nitrogen and oxygen atoms in total. The van der Waals surface area contributed by atoms with Gasteiger partial charge in [-0.15, -0.1) is 0 Å². The number of carbonyl (C=O) groups is 1. The molecule has 1 aromatic carbocycles. The maximum Gasteiger partial charge on any atom is 0.329 e. The van der Waals surface area contributed by atoms with Crippen LogP contribution in [0.5, 0.6) is 11.5 Å². The van der Waals surface area contributed by atoms with E-state index in [9.17, 15) is 14.4 Å². The Bertz CT molecular complexity index is 1360. The number of fused-ring (bicyclic) bond motifs is 1. The van der Waals surface area contributed by atoms with Crippen LogP contribution in [-0.2, 0) is 18.3 Å². The van der Waals surface area contributed by atoms with Gasteiger partial charge in [0.25, 0.3) is 11.5 Å². The van der Waals surface area contributed by atoms with E-state index in [-0.39, 0.29) is 28.6 Å². The van der Waals surface area contributed by atoms with Crippen molar-refractivity contribution < 1.29 is 19.0 Å². The molecule has 1 amide bonds. The molecule has 1 N–H and O–H groups in total. The lowest BCUT2D eigenvalue weighted by Crippen LogP contribution is -2.37. The van der Waals surface area contributed by atoms with Crippen molar-refractivity contribution in [3.8, 4) is 11.5 Å². The molecule has 0 aliphatic carbocycles. The molecule has 4 rings (SSSR count). The number of carbonyl (C=O) groups excluding carboxylic acids is 1. The van der Waals surface area contributed by atoms with Crippen molar-refractivity contribution >= 4 is 16.9 Å². The van der Waals surface area contributed by atoms with Gasteiger partial charge in [-0.2, -0.15) is 0 Å². The molecule has 1 aliphatic heterocycles. The van der Waals surface area contributed by atoms with E-state index >= 15 is 0 Å². The number of aromatic nitrogens is 3. The summed E-state index contributed by atoms with van der Waals surface area (Å²) in [6.45, 7) is 5.34. The van der Waals surface area contributed by atoms with Gasteiger partial charge in [0.1, 0.15) is 12.3 Å². The summed E-state index contributed by atoms with van der Waals surface area (Å²) in [4.78, 5) is 46.0. The van der Waals surface area contributed by atoms with Crippen LogP contribution in [0, 0.1) is 0 Å². The Hall–Kier alpha value is -3.92. The van der Waals surface area contributed by atoms with Gasteiger partial charge in [0.15, 0.2) is 11.5 Å². The van der Waals surface area contributed by atoms with E-state index < -0.39 is 11.2 Å². The first kappa shape index (κ1) is 24.2. The highest BCUT2D eigenvalue weighted by molar-refractivity contribution is 5.96. The molecule has 0 spiro atoms. The first-order valence-electron chi connectivity index (χ1n) is 11.3. The number of aromatic amines is 1. The maximum atomic E-state index is 13.6. The van der Waals surface area contributed by atoms with Crippen LogP contribution in [0.25, 0.3) is 11.0 Å². The zero-order chi connectivity index (χ0) is 24.9. The Morgan fingerprint density at radius 3 is 2.89 bits per heavy atom. The fourth-order valence-electron chi connectivity index (χ4n) is 4.09. The number of H-pyrrole nitrogens is 1. The minimum Gasteiger partial charge on any atom is -0.493 e. The zero-order valence-electron chi connectivity index (χ0n) is 19.8. The van der Waals surface area contributed by atoms with Crippen LogP contribution in [0.2, 0.25) is 0 Å². The second kappa shape index (κ2) is 10.6. The number of ether oxygens (including phenoxy) is 3. The number of amides is 1. The van der Waals surface area contributed by atoms with Gasteiger partial charge >= 0.3 is 5.69 Å². The first-order chi connectivity index (χ1) is 16.9. The van der Waals surface area contributed by atoms with Gasteiger partial charge < -0.3 is 19.1 Å². The largest absolute Gasteiger partial charge is 0.493 e. The SMILES string of the molecule is C=CCOc1ccc(CN(CC2CCCO2)C(=O)c2cnc3c(c2)c(=O)[nH]c(=O)n3C)cc1OC. The third kappa shape index (κ3) is 5.27. The van der Waals surface area contributed by atoms with Crippen LogP contribution in [0.1, 0.15) is 28.8 Å². The summed E-state index contributed by atoms with van der Waals surface area (Å²) in [6.07, 6.45) is 4.76. The Labute approximate surface area is 201 Å². The summed E-state index contributed by atoms with van der Waals surface area (Å²) in [6, 6.07) is 6.96. The molecule has 1 fully saturated rings. The lowest BCUT2D eigenvalue weighted by molar-refractivity contribution is 0.0507. The van der Waals surface area contributed by atoms with Gasteiger partial charge in [0.2, 0.25) is 0 Å². The molecule has 3 heterocycles. The number of aryl methyl sites for hydroxylation is 1. The summed E-state index contributed by atoms with van der Waals surface area (Å²) in [5, 5.41) is 0.167. The normalized spacial score (nSPS) is 15.2. The molecule has 3 aromatic rings. The number of methoxy groups -OCH3 is 1. The van der Waals surface area contributed by atoms with Gasteiger partial charge in [0.05, 0.1) is 24.2 Å². The van der Waals surface area contributed by atoms with E-state index in [1.54, 1.807) is 24.2 Å². The van der Waals surface area contributed by atoms with E-state index in [1.807, 2.05) is 12.1 Å². The minimum atomic E-state index is -0.587. The number of hydrogen-bond donors (Lipinski definition) is 1. The quantitative estimate of drug-likeness (QED) is 0.466. The molecule has 0 saturated carbocycles. The van der Waals surface area contributed by atoms with Crippen molar-refractivity contribution in [2.45, 2.75) is 25.5 Å². The lowest BCUT2D eigenvalue weighted by Gasteiger charge is -2.26. The summed E-state index contributed by atoms with van der Waals surface area (Å²) in [5.74, 6) is 0.833. The van der Waals surface area contributed by atoms with Crippen LogP contribution in [0.4, 0.5) is 0 Å². The van der Waals surface area contributed by atoms with Crippen molar-refractivity contribution in [3.05, 3.63) is 75.1 Å². The van der Waals surface area contributed by atoms with E-state index in [4.69, 9.17) is 14.2 Å². The highest BCUT2D eigenvalue weighted by Crippen LogP contribution is 2.29. The molecule has 1 saturated heterocycles. The summed E-state index contributed by atoms with van der Waals surface area (Å²) in [5.41, 5.74) is 0.144. The number of pyridine rings is 1. The number of rotatable bonds is 9. The highest BCUT2D eigenvalue weighted by atomic mass is 16.5. The van der Waals surface area contributed by atoms with Gasteiger partial charge in [0, 0.05) is 32.9 Å². The molecule has 1 aliphatic rings. The zero-order valence-corrected chi connectivity index (χ0v) is 19.8. The molecule has 1 unspecified atom stereocenters. The average molecular weight is 481 g/mol. The smallest absolute Gasteiger partial charge is 0.329 e. The Morgan fingerprint density at radius 1 is 1.34 bits per heavy atom. The van der Waals surface area contributed by atoms with E-state index in [2.05, 4.69) is 16.5 Å². The summed E-state index contributed by atoms with van der Waals surface area (Å²) >= 11 is 0. The monoisotopic (exact) mass is 480 g/mol. The maximum absolute atomic E-state index is 13.6. The number of nitrogens with zero attached hydrogens (tertiary/aromatic N) is 3. The topological polar surface area (TPSA) is 116 Å². The van der Waals surface area contributed by atoms with E-state index in [0.29, 0.717) is 37.8 Å². The van der Waals surface area contributed by atoms with Gasteiger partial charge in [-0.25, -0.2) is 9.78 Å². The second-order valence-electron chi connectivity index (χ2n) is 8.32. The fourth-order valence-corrected chi connectivity index (χ4v) is 4.09. The van der Waals surface area contributed by atoms with Crippen molar-refractivity contribution in [2.24, 2.45) is 7.05 Å². The number of hydrogen-bond acceptors (Lipinski definition) is 7. The van der Waals surface area contributed by atoms with Gasteiger partial charge in [-0.3, -0.25) is 19.1 Å². The second-order valence-corrected chi connectivity index (χ2v) is 8.32. The third-order valence-electron chi connectivity index (χ3n) is 5.89.